The summed E-state index contributed by atoms with van der Waals surface area (Å²) < 4.78 is 14.1. The van der Waals surface area contributed by atoms with E-state index in [0.717, 1.165) is 20.9 Å². The summed E-state index contributed by atoms with van der Waals surface area (Å²) in [6.45, 7) is 3.75. The molecule has 1 unspecified atom stereocenters. The highest BCUT2D eigenvalue weighted by molar-refractivity contribution is 8.00. The van der Waals surface area contributed by atoms with Crippen molar-refractivity contribution < 1.29 is 14.0 Å². The Labute approximate surface area is 138 Å². The molecule has 118 valence electrons. The number of rotatable bonds is 3. The van der Waals surface area contributed by atoms with E-state index in [1.54, 1.807) is 13.0 Å². The average molecular weight is 329 g/mol. The van der Waals surface area contributed by atoms with Gasteiger partial charge in [0.05, 0.1) is 10.9 Å². The zero-order valence-corrected chi connectivity index (χ0v) is 13.7. The molecule has 5 heteroatoms. The standard InChI is InChI=1S/C18H16FNO2S/c1-11-3-6-13(7-4-11)23-16-10-17(21)20(18(16)22)15-8-5-12(2)9-14(15)19/h3-9,16H,10H2,1-2H3. The normalized spacial score (nSPS) is 17.9. The number of anilines is 1. The molecule has 0 spiro atoms. The van der Waals surface area contributed by atoms with Gasteiger partial charge in [-0.05, 0) is 43.7 Å². The van der Waals surface area contributed by atoms with E-state index >= 15 is 0 Å². The predicted octanol–water partition coefficient (Wildman–Crippen LogP) is 3.87. The monoisotopic (exact) mass is 329 g/mol. The van der Waals surface area contributed by atoms with Gasteiger partial charge in [0.25, 0.3) is 0 Å². The quantitative estimate of drug-likeness (QED) is 0.802. The second-order valence-electron chi connectivity index (χ2n) is 5.65. The van der Waals surface area contributed by atoms with Crippen LogP contribution in [0.2, 0.25) is 0 Å². The minimum atomic E-state index is -0.548. The van der Waals surface area contributed by atoms with Crippen LogP contribution in [0.25, 0.3) is 0 Å². The molecule has 2 amide bonds. The number of thioether (sulfide) groups is 1. The van der Waals surface area contributed by atoms with Crippen molar-refractivity contribution in [3.8, 4) is 0 Å². The van der Waals surface area contributed by atoms with Crippen molar-refractivity contribution in [2.75, 3.05) is 4.90 Å². The van der Waals surface area contributed by atoms with E-state index in [4.69, 9.17) is 0 Å². The Morgan fingerprint density at radius 3 is 2.35 bits per heavy atom. The molecule has 3 nitrogen and oxygen atoms in total. The highest BCUT2D eigenvalue weighted by Gasteiger charge is 2.41. The maximum Gasteiger partial charge on any atom is 0.247 e. The summed E-state index contributed by atoms with van der Waals surface area (Å²) in [7, 11) is 0. The Morgan fingerprint density at radius 2 is 1.70 bits per heavy atom. The summed E-state index contributed by atoms with van der Waals surface area (Å²) in [5, 5.41) is -0.508. The third kappa shape index (κ3) is 3.15. The van der Waals surface area contributed by atoms with Crippen molar-refractivity contribution >= 4 is 29.3 Å². The molecule has 1 atom stereocenters. The number of amides is 2. The van der Waals surface area contributed by atoms with E-state index in [0.29, 0.717) is 0 Å². The summed E-state index contributed by atoms with van der Waals surface area (Å²) in [5.74, 6) is -1.27. The molecule has 0 bridgehead atoms. The highest BCUT2D eigenvalue weighted by atomic mass is 32.2. The molecule has 1 heterocycles. The molecule has 0 radical (unpaired) electrons. The van der Waals surface area contributed by atoms with E-state index in [1.165, 1.54) is 23.9 Å². The molecule has 2 aromatic rings. The lowest BCUT2D eigenvalue weighted by Gasteiger charge is -2.16. The van der Waals surface area contributed by atoms with Crippen LogP contribution >= 0.6 is 11.8 Å². The van der Waals surface area contributed by atoms with Gasteiger partial charge in [0.15, 0.2) is 0 Å². The minimum Gasteiger partial charge on any atom is -0.274 e. The maximum atomic E-state index is 14.1. The molecule has 0 saturated carbocycles. The molecule has 2 aromatic carbocycles. The van der Waals surface area contributed by atoms with Gasteiger partial charge in [-0.15, -0.1) is 11.8 Å². The molecular weight excluding hydrogens is 313 g/mol. The topological polar surface area (TPSA) is 37.4 Å². The fourth-order valence-corrected chi connectivity index (χ4v) is 3.58. The Kier molecular flexibility index (Phi) is 4.22. The number of nitrogens with zero attached hydrogens (tertiary/aromatic N) is 1. The number of carbonyl (C=O) groups excluding carboxylic acids is 2. The first-order valence-corrected chi connectivity index (χ1v) is 8.20. The van der Waals surface area contributed by atoms with Gasteiger partial charge in [-0.1, -0.05) is 23.8 Å². The maximum absolute atomic E-state index is 14.1. The molecular formula is C18H16FNO2S. The lowest BCUT2D eigenvalue weighted by atomic mass is 10.2. The molecule has 0 aromatic heterocycles. The van der Waals surface area contributed by atoms with Gasteiger partial charge in [-0.2, -0.15) is 0 Å². The second kappa shape index (κ2) is 6.16. The van der Waals surface area contributed by atoms with Gasteiger partial charge < -0.3 is 0 Å². The van der Waals surface area contributed by atoms with Crippen molar-refractivity contribution in [1.82, 2.24) is 0 Å². The van der Waals surface area contributed by atoms with E-state index in [9.17, 15) is 14.0 Å². The van der Waals surface area contributed by atoms with Crippen LogP contribution in [0.15, 0.2) is 47.4 Å². The van der Waals surface area contributed by atoms with Crippen LogP contribution in [0.3, 0.4) is 0 Å². The van der Waals surface area contributed by atoms with Crippen LogP contribution in [0, 0.1) is 19.7 Å². The number of aryl methyl sites for hydroxylation is 2. The van der Waals surface area contributed by atoms with Gasteiger partial charge in [-0.3, -0.25) is 9.59 Å². The summed E-state index contributed by atoms with van der Waals surface area (Å²) in [6, 6.07) is 12.3. The summed E-state index contributed by atoms with van der Waals surface area (Å²) in [5.41, 5.74) is 1.92. The van der Waals surface area contributed by atoms with E-state index < -0.39 is 11.1 Å². The van der Waals surface area contributed by atoms with Gasteiger partial charge in [0.1, 0.15) is 5.82 Å². The molecule has 0 aliphatic carbocycles. The van der Waals surface area contributed by atoms with Crippen LogP contribution < -0.4 is 4.90 Å². The van der Waals surface area contributed by atoms with E-state index in [1.807, 2.05) is 31.2 Å². The summed E-state index contributed by atoms with van der Waals surface area (Å²) >= 11 is 1.34. The second-order valence-corrected chi connectivity index (χ2v) is 6.92. The van der Waals surface area contributed by atoms with Gasteiger partial charge >= 0.3 is 0 Å². The molecule has 1 aliphatic rings. The van der Waals surface area contributed by atoms with Gasteiger partial charge in [0, 0.05) is 11.3 Å². The third-order valence-electron chi connectivity index (χ3n) is 3.75. The van der Waals surface area contributed by atoms with Crippen LogP contribution in [0.5, 0.6) is 0 Å². The molecule has 1 aliphatic heterocycles. The van der Waals surface area contributed by atoms with Crippen LogP contribution in [0.4, 0.5) is 10.1 Å². The van der Waals surface area contributed by atoms with E-state index in [2.05, 4.69) is 0 Å². The van der Waals surface area contributed by atoms with Crippen LogP contribution in [0.1, 0.15) is 17.5 Å². The third-order valence-corrected chi connectivity index (χ3v) is 4.95. The fourth-order valence-electron chi connectivity index (χ4n) is 2.52. The largest absolute Gasteiger partial charge is 0.274 e. The van der Waals surface area contributed by atoms with Crippen molar-refractivity contribution in [3.63, 3.8) is 0 Å². The Bertz CT molecular complexity index is 773. The number of halogens is 1. The number of benzene rings is 2. The molecule has 23 heavy (non-hydrogen) atoms. The van der Waals surface area contributed by atoms with Crippen LogP contribution in [-0.4, -0.2) is 17.1 Å². The molecule has 1 saturated heterocycles. The molecule has 1 fully saturated rings. The Hall–Kier alpha value is -2.14. The first kappa shape index (κ1) is 15.7. The van der Waals surface area contributed by atoms with Crippen molar-refractivity contribution in [2.24, 2.45) is 0 Å². The van der Waals surface area contributed by atoms with E-state index in [-0.39, 0.29) is 23.9 Å². The SMILES string of the molecule is Cc1ccc(SC2CC(=O)N(c3ccc(C)cc3F)C2=O)cc1. The lowest BCUT2D eigenvalue weighted by Crippen LogP contribution is -2.31. The average Bonchev–Trinajstić information content (AvgIpc) is 2.77. The zero-order chi connectivity index (χ0) is 16.6. The number of carbonyl (C=O) groups is 2. The Morgan fingerprint density at radius 1 is 1.04 bits per heavy atom. The molecule has 0 N–H and O–H groups in total. The summed E-state index contributed by atoms with van der Waals surface area (Å²) in [6.07, 6.45) is 0.0880. The molecule has 3 rings (SSSR count). The number of hydrogen-bond acceptors (Lipinski definition) is 3. The van der Waals surface area contributed by atoms with Crippen molar-refractivity contribution in [1.29, 1.82) is 0 Å². The zero-order valence-electron chi connectivity index (χ0n) is 12.9. The predicted molar refractivity (Wildman–Crippen MR) is 89.1 cm³/mol. The smallest absolute Gasteiger partial charge is 0.247 e. The lowest BCUT2D eigenvalue weighted by molar-refractivity contribution is -0.121. The first-order chi connectivity index (χ1) is 11.0. The number of imide groups is 1. The Balaban J connectivity index is 1.83. The minimum absolute atomic E-state index is 0.0395. The van der Waals surface area contributed by atoms with Crippen molar-refractivity contribution in [3.05, 3.63) is 59.4 Å². The van der Waals surface area contributed by atoms with Gasteiger partial charge in [0.2, 0.25) is 11.8 Å². The fraction of sp³-hybridized carbons (Fsp3) is 0.222. The highest BCUT2D eigenvalue weighted by Crippen LogP contribution is 2.35. The first-order valence-electron chi connectivity index (χ1n) is 7.32. The van der Waals surface area contributed by atoms with Crippen molar-refractivity contribution in [2.45, 2.75) is 30.4 Å². The summed E-state index contributed by atoms with van der Waals surface area (Å²) in [4.78, 5) is 26.6. The van der Waals surface area contributed by atoms with Gasteiger partial charge in [-0.25, -0.2) is 9.29 Å². The number of hydrogen-bond donors (Lipinski definition) is 0. The van der Waals surface area contributed by atoms with Crippen LogP contribution in [-0.2, 0) is 9.59 Å².